The van der Waals surface area contributed by atoms with Crippen LogP contribution in [-0.4, -0.2) is 7.11 Å². The minimum Gasteiger partial charge on any atom is -0.496 e. The van der Waals surface area contributed by atoms with Crippen molar-refractivity contribution < 1.29 is 4.74 Å². The Labute approximate surface area is 114 Å². The molecule has 1 nitrogen and oxygen atoms in total. The number of rotatable bonds is 2. The van der Waals surface area contributed by atoms with E-state index in [2.05, 4.69) is 62.4 Å². The molecule has 0 heterocycles. The molecule has 0 bridgehead atoms. The predicted molar refractivity (Wildman–Crippen MR) is 79.7 cm³/mol. The topological polar surface area (TPSA) is 9.23 Å². The molecule has 3 rings (SSSR count). The third-order valence-electron chi connectivity index (χ3n) is 3.80. The van der Waals surface area contributed by atoms with Gasteiger partial charge in [-0.2, -0.15) is 0 Å². The highest BCUT2D eigenvalue weighted by atomic mass is 16.5. The van der Waals surface area contributed by atoms with E-state index in [0.29, 0.717) is 5.92 Å². The molecule has 0 aliphatic heterocycles. The van der Waals surface area contributed by atoms with E-state index in [0.717, 1.165) is 5.75 Å². The smallest absolute Gasteiger partial charge is 0.123 e. The van der Waals surface area contributed by atoms with E-state index in [1.54, 1.807) is 7.11 Å². The van der Waals surface area contributed by atoms with E-state index in [-0.39, 0.29) is 0 Å². The summed E-state index contributed by atoms with van der Waals surface area (Å²) in [6.07, 6.45) is 2.28. The Hall–Kier alpha value is -2.02. The molecule has 19 heavy (non-hydrogen) atoms. The molecule has 0 fully saturated rings. The Kier molecular flexibility index (Phi) is 2.90. The summed E-state index contributed by atoms with van der Waals surface area (Å²) < 4.78 is 5.60. The minimum absolute atomic E-state index is 0.326. The van der Waals surface area contributed by atoms with Crippen LogP contribution in [0.1, 0.15) is 35.1 Å². The first-order chi connectivity index (χ1) is 9.20. The summed E-state index contributed by atoms with van der Waals surface area (Å²) >= 11 is 0. The maximum Gasteiger partial charge on any atom is 0.123 e. The van der Waals surface area contributed by atoms with Crippen LogP contribution in [0.2, 0.25) is 0 Å². The van der Waals surface area contributed by atoms with Gasteiger partial charge in [0.05, 0.1) is 7.11 Å². The molecule has 0 radical (unpaired) electrons. The van der Waals surface area contributed by atoms with Crippen LogP contribution in [0.3, 0.4) is 0 Å². The fourth-order valence-electron chi connectivity index (χ4n) is 3.02. The summed E-state index contributed by atoms with van der Waals surface area (Å²) in [5.74, 6) is 1.32. The second kappa shape index (κ2) is 4.58. The van der Waals surface area contributed by atoms with E-state index in [4.69, 9.17) is 4.74 Å². The van der Waals surface area contributed by atoms with E-state index in [9.17, 15) is 0 Å². The Balaban J connectivity index is 2.20. The molecule has 0 N–H and O–H groups in total. The van der Waals surface area contributed by atoms with Crippen molar-refractivity contribution in [1.82, 2.24) is 0 Å². The summed E-state index contributed by atoms with van der Waals surface area (Å²) in [6.45, 7) is 4.31. The normalized spacial score (nSPS) is 17.0. The molecule has 0 spiro atoms. The lowest BCUT2D eigenvalue weighted by atomic mass is 9.88. The van der Waals surface area contributed by atoms with Gasteiger partial charge in [-0.3, -0.25) is 0 Å². The second-order valence-electron chi connectivity index (χ2n) is 5.20. The van der Waals surface area contributed by atoms with Crippen LogP contribution in [0.15, 0.2) is 48.0 Å². The molecule has 1 heteroatoms. The van der Waals surface area contributed by atoms with E-state index >= 15 is 0 Å². The molecule has 1 aliphatic carbocycles. The van der Waals surface area contributed by atoms with Gasteiger partial charge in [0.1, 0.15) is 5.75 Å². The summed E-state index contributed by atoms with van der Waals surface area (Å²) in [6, 6.07) is 15.0. The van der Waals surface area contributed by atoms with Crippen molar-refractivity contribution in [2.45, 2.75) is 19.8 Å². The lowest BCUT2D eigenvalue weighted by molar-refractivity contribution is 0.409. The maximum atomic E-state index is 5.60. The largest absolute Gasteiger partial charge is 0.496 e. The van der Waals surface area contributed by atoms with Crippen LogP contribution in [0, 0.1) is 6.92 Å². The maximum absolute atomic E-state index is 5.60. The van der Waals surface area contributed by atoms with E-state index in [1.165, 1.54) is 27.8 Å². The highest BCUT2D eigenvalue weighted by molar-refractivity contribution is 5.72. The average molecular weight is 250 g/mol. The fourth-order valence-corrected chi connectivity index (χ4v) is 3.02. The van der Waals surface area contributed by atoms with Gasteiger partial charge < -0.3 is 4.74 Å². The molecular formula is C18H18O. The first-order valence-corrected chi connectivity index (χ1v) is 6.62. The molecule has 1 unspecified atom stereocenters. The van der Waals surface area contributed by atoms with Crippen LogP contribution in [-0.2, 0) is 0 Å². The molecule has 2 aromatic carbocycles. The number of aryl methyl sites for hydroxylation is 1. The fraction of sp³-hybridized carbons (Fsp3) is 0.222. The summed E-state index contributed by atoms with van der Waals surface area (Å²) in [4.78, 5) is 0. The van der Waals surface area contributed by atoms with Gasteiger partial charge in [0.25, 0.3) is 0 Å². The first kappa shape index (κ1) is 12.0. The van der Waals surface area contributed by atoms with Crippen molar-refractivity contribution in [2.24, 2.45) is 0 Å². The third-order valence-corrected chi connectivity index (χ3v) is 3.80. The second-order valence-corrected chi connectivity index (χ2v) is 5.20. The number of hydrogen-bond acceptors (Lipinski definition) is 1. The van der Waals surface area contributed by atoms with Crippen LogP contribution in [0.25, 0.3) is 6.08 Å². The number of ether oxygens (including phenoxy) is 1. The number of benzene rings is 2. The van der Waals surface area contributed by atoms with Crippen molar-refractivity contribution in [2.75, 3.05) is 7.11 Å². The Morgan fingerprint density at radius 2 is 1.74 bits per heavy atom. The monoisotopic (exact) mass is 250 g/mol. The molecule has 0 amide bonds. The third kappa shape index (κ3) is 1.95. The molecule has 96 valence electrons. The first-order valence-electron chi connectivity index (χ1n) is 6.62. The van der Waals surface area contributed by atoms with Crippen LogP contribution >= 0.6 is 0 Å². The molecule has 0 aromatic heterocycles. The molecule has 2 aromatic rings. The van der Waals surface area contributed by atoms with Gasteiger partial charge >= 0.3 is 0 Å². The number of hydrogen-bond donors (Lipinski definition) is 0. The molecule has 0 saturated carbocycles. The molecular weight excluding hydrogens is 232 g/mol. The van der Waals surface area contributed by atoms with Gasteiger partial charge in [-0.1, -0.05) is 48.0 Å². The van der Waals surface area contributed by atoms with E-state index < -0.39 is 0 Å². The molecule has 1 aliphatic rings. The standard InChI is InChI=1S/C18H18O/c1-12-9-15-11-13(2)17(14-7-5-4-6-8-14)18(15)16(10-12)19-3/h4-11,17H,1-3H3. The summed E-state index contributed by atoms with van der Waals surface area (Å²) in [7, 11) is 1.75. The minimum atomic E-state index is 0.326. The van der Waals surface area contributed by atoms with Gasteiger partial charge in [-0.25, -0.2) is 0 Å². The highest BCUT2D eigenvalue weighted by Gasteiger charge is 2.27. The SMILES string of the molecule is COc1cc(C)cc2c1C(c1ccccc1)C(C)=C2. The number of allylic oxidation sites excluding steroid dienone is 1. The predicted octanol–water partition coefficient (Wildman–Crippen LogP) is 4.55. The Bertz CT molecular complexity index is 638. The zero-order chi connectivity index (χ0) is 13.4. The average Bonchev–Trinajstić information content (AvgIpc) is 2.74. The van der Waals surface area contributed by atoms with Gasteiger partial charge in [0, 0.05) is 11.5 Å². The van der Waals surface area contributed by atoms with Crippen molar-refractivity contribution in [3.05, 3.63) is 70.3 Å². The zero-order valence-corrected chi connectivity index (χ0v) is 11.6. The summed E-state index contributed by atoms with van der Waals surface area (Å²) in [5, 5.41) is 0. The Morgan fingerprint density at radius 3 is 2.42 bits per heavy atom. The van der Waals surface area contributed by atoms with Gasteiger partial charge in [0.15, 0.2) is 0 Å². The lowest BCUT2D eigenvalue weighted by Gasteiger charge is -2.18. The van der Waals surface area contributed by atoms with E-state index in [1.807, 2.05) is 0 Å². The van der Waals surface area contributed by atoms with Gasteiger partial charge in [-0.15, -0.1) is 0 Å². The zero-order valence-electron chi connectivity index (χ0n) is 11.6. The van der Waals surface area contributed by atoms with Gasteiger partial charge in [0.2, 0.25) is 0 Å². The van der Waals surface area contributed by atoms with Crippen LogP contribution in [0.5, 0.6) is 5.75 Å². The van der Waals surface area contributed by atoms with Crippen molar-refractivity contribution >= 4 is 6.08 Å². The van der Waals surface area contributed by atoms with Crippen LogP contribution in [0.4, 0.5) is 0 Å². The van der Waals surface area contributed by atoms with Crippen molar-refractivity contribution in [1.29, 1.82) is 0 Å². The molecule has 0 saturated heterocycles. The summed E-state index contributed by atoms with van der Waals surface area (Å²) in [5.41, 5.74) is 6.55. The van der Waals surface area contributed by atoms with Crippen molar-refractivity contribution in [3.63, 3.8) is 0 Å². The molecule has 1 atom stereocenters. The van der Waals surface area contributed by atoms with Crippen LogP contribution < -0.4 is 4.74 Å². The van der Waals surface area contributed by atoms with Crippen molar-refractivity contribution in [3.8, 4) is 5.75 Å². The Morgan fingerprint density at radius 1 is 1.00 bits per heavy atom. The highest BCUT2D eigenvalue weighted by Crippen LogP contribution is 2.45. The quantitative estimate of drug-likeness (QED) is 0.759. The number of fused-ring (bicyclic) bond motifs is 1. The van der Waals surface area contributed by atoms with Gasteiger partial charge in [-0.05, 0) is 36.6 Å². The number of methoxy groups -OCH3 is 1. The lowest BCUT2D eigenvalue weighted by Crippen LogP contribution is -2.02.